The zero-order valence-electron chi connectivity index (χ0n) is 18.8. The number of rotatable bonds is 7. The number of likely N-dealkylation sites (tertiary alicyclic amines) is 1. The van der Waals surface area contributed by atoms with Crippen LogP contribution >= 0.6 is 11.3 Å². The molecule has 1 aromatic heterocycles. The summed E-state index contributed by atoms with van der Waals surface area (Å²) < 4.78 is 28.0. The maximum Gasteiger partial charge on any atom is 0.223 e. The summed E-state index contributed by atoms with van der Waals surface area (Å²) in [6, 6.07) is 13.3. The summed E-state index contributed by atoms with van der Waals surface area (Å²) in [4.78, 5) is 31.5. The largest absolute Gasteiger partial charge is 0.382 e. The molecule has 4 rings (SSSR count). The molecule has 1 aliphatic rings. The molecule has 0 spiro atoms. The Labute approximate surface area is 200 Å². The first-order valence-electron chi connectivity index (χ1n) is 11.2. The summed E-state index contributed by atoms with van der Waals surface area (Å²) in [6.45, 7) is 3.29. The zero-order chi connectivity index (χ0) is 24.2. The van der Waals surface area contributed by atoms with E-state index in [1.807, 2.05) is 35.2 Å². The summed E-state index contributed by atoms with van der Waals surface area (Å²) in [6.07, 6.45) is 1.90. The minimum absolute atomic E-state index is 0.00554. The molecule has 1 saturated heterocycles. The number of carbonyl (C=O) groups is 2. The van der Waals surface area contributed by atoms with Crippen LogP contribution in [0, 0.1) is 11.6 Å². The summed E-state index contributed by atoms with van der Waals surface area (Å²) in [7, 11) is 0. The maximum atomic E-state index is 14.0. The molecule has 3 aromatic rings. The Kier molecular flexibility index (Phi) is 7.21. The molecule has 1 amide bonds. The molecule has 2 heterocycles. The molecule has 1 atom stereocenters. The number of anilines is 2. The lowest BCUT2D eigenvalue weighted by Gasteiger charge is -2.33. The van der Waals surface area contributed by atoms with Gasteiger partial charge in [0, 0.05) is 25.6 Å². The molecular formula is C25H26F2N4O2S. The van der Waals surface area contributed by atoms with E-state index in [1.54, 1.807) is 0 Å². The predicted molar refractivity (Wildman–Crippen MR) is 129 cm³/mol. The standard InChI is InChI=1S/C25H26F2N4O2S/c1-15(16-6-3-2-4-7-16)14-20(32)31-12-10-17(11-13-31)29-25-30-24(28)23(34-25)22(33)21-18(26)8-5-9-19(21)27/h2-9,15,17H,10-14,28H2,1H3,(H,29,30)/t15-/m0/s1. The summed E-state index contributed by atoms with van der Waals surface area (Å²) in [5.74, 6) is -2.49. The molecule has 3 N–H and O–H groups in total. The average Bonchev–Trinajstić information content (AvgIpc) is 3.19. The smallest absolute Gasteiger partial charge is 0.223 e. The number of ketones is 1. The van der Waals surface area contributed by atoms with Crippen LogP contribution in [0.5, 0.6) is 0 Å². The SMILES string of the molecule is C[C@@H](CC(=O)N1CCC(Nc2nc(N)c(C(=O)c3c(F)cccc3F)s2)CC1)c1ccccc1. The highest BCUT2D eigenvalue weighted by molar-refractivity contribution is 7.18. The number of piperidine rings is 1. The lowest BCUT2D eigenvalue weighted by atomic mass is 9.96. The number of nitrogen functional groups attached to an aromatic ring is 1. The highest BCUT2D eigenvalue weighted by Gasteiger charge is 2.27. The van der Waals surface area contributed by atoms with Gasteiger partial charge in [0.15, 0.2) is 5.13 Å². The van der Waals surface area contributed by atoms with Crippen molar-refractivity contribution in [3.05, 3.63) is 76.2 Å². The van der Waals surface area contributed by atoms with Crippen molar-refractivity contribution >= 4 is 34.0 Å². The Balaban J connectivity index is 1.33. The van der Waals surface area contributed by atoms with Crippen LogP contribution < -0.4 is 11.1 Å². The van der Waals surface area contributed by atoms with E-state index < -0.39 is 23.0 Å². The average molecular weight is 485 g/mol. The Morgan fingerprint density at radius 1 is 1.12 bits per heavy atom. The first kappa shape index (κ1) is 23.8. The second-order valence-electron chi connectivity index (χ2n) is 8.47. The highest BCUT2D eigenvalue weighted by Crippen LogP contribution is 2.30. The third-order valence-corrected chi connectivity index (χ3v) is 7.08. The van der Waals surface area contributed by atoms with Crippen molar-refractivity contribution < 1.29 is 18.4 Å². The van der Waals surface area contributed by atoms with E-state index in [1.165, 1.54) is 6.07 Å². The van der Waals surface area contributed by atoms with Crippen LogP contribution in [0.25, 0.3) is 0 Å². The minimum Gasteiger partial charge on any atom is -0.382 e. The number of nitrogens with two attached hydrogens (primary N) is 1. The Morgan fingerprint density at radius 2 is 1.76 bits per heavy atom. The molecule has 1 aliphatic heterocycles. The van der Waals surface area contributed by atoms with Crippen LogP contribution in [0.3, 0.4) is 0 Å². The van der Waals surface area contributed by atoms with E-state index in [2.05, 4.69) is 17.2 Å². The Bertz CT molecular complexity index is 1160. The van der Waals surface area contributed by atoms with Gasteiger partial charge in [-0.05, 0) is 36.5 Å². The van der Waals surface area contributed by atoms with Crippen molar-refractivity contribution in [1.82, 2.24) is 9.88 Å². The highest BCUT2D eigenvalue weighted by atomic mass is 32.1. The van der Waals surface area contributed by atoms with E-state index >= 15 is 0 Å². The van der Waals surface area contributed by atoms with E-state index in [0.29, 0.717) is 24.6 Å². The number of hydrogen-bond acceptors (Lipinski definition) is 6. The minimum atomic E-state index is -0.939. The molecule has 0 unspecified atom stereocenters. The fourth-order valence-corrected chi connectivity index (χ4v) is 5.03. The second kappa shape index (κ2) is 10.3. The van der Waals surface area contributed by atoms with Crippen molar-refractivity contribution in [2.45, 2.75) is 38.1 Å². The van der Waals surface area contributed by atoms with Crippen LogP contribution in [0.15, 0.2) is 48.5 Å². The van der Waals surface area contributed by atoms with E-state index in [4.69, 9.17) is 5.73 Å². The third kappa shape index (κ3) is 5.25. The first-order valence-corrected chi connectivity index (χ1v) is 12.0. The second-order valence-corrected chi connectivity index (χ2v) is 9.47. The van der Waals surface area contributed by atoms with Gasteiger partial charge in [-0.2, -0.15) is 0 Å². The number of aromatic nitrogens is 1. The molecule has 178 valence electrons. The van der Waals surface area contributed by atoms with Crippen LogP contribution in [0.1, 0.15) is 52.9 Å². The van der Waals surface area contributed by atoms with Gasteiger partial charge in [0.2, 0.25) is 11.7 Å². The molecule has 34 heavy (non-hydrogen) atoms. The number of hydrogen-bond donors (Lipinski definition) is 2. The van der Waals surface area contributed by atoms with E-state index in [0.717, 1.165) is 41.9 Å². The van der Waals surface area contributed by atoms with Crippen molar-refractivity contribution in [2.24, 2.45) is 0 Å². The first-order chi connectivity index (χ1) is 16.3. The monoisotopic (exact) mass is 484 g/mol. The van der Waals surface area contributed by atoms with E-state index in [9.17, 15) is 18.4 Å². The van der Waals surface area contributed by atoms with Gasteiger partial charge in [-0.25, -0.2) is 13.8 Å². The van der Waals surface area contributed by atoms with Gasteiger partial charge in [0.25, 0.3) is 0 Å². The van der Waals surface area contributed by atoms with Crippen molar-refractivity contribution in [1.29, 1.82) is 0 Å². The lowest BCUT2D eigenvalue weighted by molar-refractivity contribution is -0.132. The third-order valence-electron chi connectivity index (χ3n) is 6.07. The van der Waals surface area contributed by atoms with Gasteiger partial charge < -0.3 is 16.0 Å². The number of benzene rings is 2. The van der Waals surface area contributed by atoms with Crippen LogP contribution in [0.2, 0.25) is 0 Å². The van der Waals surface area contributed by atoms with Gasteiger partial charge >= 0.3 is 0 Å². The van der Waals surface area contributed by atoms with Gasteiger partial charge in [0.1, 0.15) is 22.3 Å². The number of halogens is 2. The van der Waals surface area contributed by atoms with Gasteiger partial charge in [-0.15, -0.1) is 0 Å². The molecular weight excluding hydrogens is 458 g/mol. The van der Waals surface area contributed by atoms with Crippen LogP contribution in [-0.2, 0) is 4.79 Å². The quantitative estimate of drug-likeness (QED) is 0.469. The fourth-order valence-electron chi connectivity index (χ4n) is 4.12. The number of nitrogens with zero attached hydrogens (tertiary/aromatic N) is 2. The molecule has 9 heteroatoms. The van der Waals surface area contributed by atoms with Crippen molar-refractivity contribution in [3.8, 4) is 0 Å². The molecule has 2 aromatic carbocycles. The van der Waals surface area contributed by atoms with Crippen molar-refractivity contribution in [2.75, 3.05) is 24.1 Å². The normalized spacial score (nSPS) is 15.2. The summed E-state index contributed by atoms with van der Waals surface area (Å²) in [5, 5.41) is 3.67. The molecule has 0 aliphatic carbocycles. The lowest BCUT2D eigenvalue weighted by Crippen LogP contribution is -2.42. The number of amides is 1. The Hall–Kier alpha value is -3.33. The van der Waals surface area contributed by atoms with Gasteiger partial charge in [-0.1, -0.05) is 54.7 Å². The molecule has 0 bridgehead atoms. The van der Waals surface area contributed by atoms with E-state index in [-0.39, 0.29) is 28.6 Å². The Morgan fingerprint density at radius 3 is 2.41 bits per heavy atom. The summed E-state index contributed by atoms with van der Waals surface area (Å²) >= 11 is 0.976. The molecule has 6 nitrogen and oxygen atoms in total. The fraction of sp³-hybridized carbons (Fsp3) is 0.320. The number of thiazole rings is 1. The molecule has 0 saturated carbocycles. The van der Waals surface area contributed by atoms with Gasteiger partial charge in [0.05, 0.1) is 5.56 Å². The number of nitrogens with one attached hydrogen (secondary N) is 1. The van der Waals surface area contributed by atoms with Crippen molar-refractivity contribution in [3.63, 3.8) is 0 Å². The number of carbonyl (C=O) groups excluding carboxylic acids is 2. The van der Waals surface area contributed by atoms with Crippen LogP contribution in [-0.4, -0.2) is 40.7 Å². The van der Waals surface area contributed by atoms with Crippen LogP contribution in [0.4, 0.5) is 19.7 Å². The molecule has 1 fully saturated rings. The summed E-state index contributed by atoms with van der Waals surface area (Å²) in [5.41, 5.74) is 6.39. The molecule has 0 radical (unpaired) electrons. The maximum absolute atomic E-state index is 14.0. The topological polar surface area (TPSA) is 88.3 Å². The predicted octanol–water partition coefficient (Wildman–Crippen LogP) is 4.83. The van der Waals surface area contributed by atoms with Gasteiger partial charge in [-0.3, -0.25) is 9.59 Å². The zero-order valence-corrected chi connectivity index (χ0v) is 19.6.